The van der Waals surface area contributed by atoms with Crippen LogP contribution in [-0.4, -0.2) is 21.7 Å². The van der Waals surface area contributed by atoms with Gasteiger partial charge >= 0.3 is 0 Å². The first-order chi connectivity index (χ1) is 9.11. The van der Waals surface area contributed by atoms with Crippen molar-refractivity contribution in [3.05, 3.63) is 47.4 Å². The van der Waals surface area contributed by atoms with E-state index in [0.29, 0.717) is 18.2 Å². The average Bonchev–Trinajstić information content (AvgIpc) is 2.39. The van der Waals surface area contributed by atoms with Crippen LogP contribution in [0.2, 0.25) is 0 Å². The summed E-state index contributed by atoms with van der Waals surface area (Å²) < 4.78 is 0. The van der Waals surface area contributed by atoms with Gasteiger partial charge in [0.15, 0.2) is 0 Å². The van der Waals surface area contributed by atoms with Crippen molar-refractivity contribution < 1.29 is 5.11 Å². The number of aliphatic hydroxyl groups is 1. The molecule has 0 amide bonds. The third kappa shape index (κ3) is 3.18. The highest BCUT2D eigenvalue weighted by Crippen LogP contribution is 2.26. The van der Waals surface area contributed by atoms with Crippen LogP contribution in [0.3, 0.4) is 0 Å². The summed E-state index contributed by atoms with van der Waals surface area (Å²) in [6.07, 6.45) is 2.26. The second kappa shape index (κ2) is 5.93. The zero-order valence-electron chi connectivity index (χ0n) is 11.7. The maximum absolute atomic E-state index is 8.97. The molecule has 1 aromatic heterocycles. The molecule has 19 heavy (non-hydrogen) atoms. The summed E-state index contributed by atoms with van der Waals surface area (Å²) in [6.45, 7) is 6.54. The Bertz CT molecular complexity index is 564. The fourth-order valence-electron chi connectivity index (χ4n) is 2.04. The van der Waals surface area contributed by atoms with Crippen molar-refractivity contribution in [2.45, 2.75) is 33.1 Å². The summed E-state index contributed by atoms with van der Waals surface area (Å²) in [5.41, 5.74) is 4.59. The number of aliphatic hydroxyl groups excluding tert-OH is 1. The van der Waals surface area contributed by atoms with E-state index in [-0.39, 0.29) is 6.61 Å². The van der Waals surface area contributed by atoms with Gasteiger partial charge in [0.2, 0.25) is 0 Å². The molecule has 0 aliphatic heterocycles. The van der Waals surface area contributed by atoms with Gasteiger partial charge in [-0.25, -0.2) is 9.97 Å². The molecule has 1 heterocycles. The minimum absolute atomic E-state index is 0.0778. The highest BCUT2D eigenvalue weighted by Gasteiger charge is 2.08. The van der Waals surface area contributed by atoms with Gasteiger partial charge in [-0.2, -0.15) is 0 Å². The zero-order chi connectivity index (χ0) is 13.8. The molecule has 0 saturated heterocycles. The fraction of sp³-hybridized carbons (Fsp3) is 0.375. The van der Waals surface area contributed by atoms with E-state index in [0.717, 1.165) is 11.3 Å². The topological polar surface area (TPSA) is 46.0 Å². The summed E-state index contributed by atoms with van der Waals surface area (Å²) >= 11 is 0. The van der Waals surface area contributed by atoms with Crippen LogP contribution in [0, 0.1) is 6.92 Å². The molecular weight excluding hydrogens is 236 g/mol. The van der Waals surface area contributed by atoms with E-state index in [4.69, 9.17) is 5.11 Å². The molecule has 0 unspecified atom stereocenters. The van der Waals surface area contributed by atoms with Crippen LogP contribution in [0.4, 0.5) is 0 Å². The van der Waals surface area contributed by atoms with E-state index < -0.39 is 0 Å². The molecule has 3 nitrogen and oxygen atoms in total. The molecule has 0 aliphatic rings. The molecule has 2 aromatic rings. The van der Waals surface area contributed by atoms with Gasteiger partial charge in [0, 0.05) is 18.2 Å². The Morgan fingerprint density at radius 3 is 2.68 bits per heavy atom. The predicted octanol–water partition coefficient (Wildman–Crippen LogP) is 3.11. The molecule has 0 spiro atoms. The van der Waals surface area contributed by atoms with Gasteiger partial charge in [0.1, 0.15) is 5.82 Å². The number of aryl methyl sites for hydroxylation is 1. The number of nitrogens with zero attached hydrogens (tertiary/aromatic N) is 2. The van der Waals surface area contributed by atoms with Crippen molar-refractivity contribution in [2.24, 2.45) is 0 Å². The van der Waals surface area contributed by atoms with Crippen LogP contribution in [0.15, 0.2) is 30.5 Å². The van der Waals surface area contributed by atoms with Gasteiger partial charge in [-0.1, -0.05) is 26.0 Å². The Morgan fingerprint density at radius 1 is 1.21 bits per heavy atom. The van der Waals surface area contributed by atoms with E-state index in [1.165, 1.54) is 11.1 Å². The molecule has 1 aromatic carbocycles. The Balaban J connectivity index is 2.45. The summed E-state index contributed by atoms with van der Waals surface area (Å²) in [6, 6.07) is 8.43. The highest BCUT2D eigenvalue weighted by molar-refractivity contribution is 5.64. The van der Waals surface area contributed by atoms with Gasteiger partial charge in [-0.15, -0.1) is 0 Å². The first kappa shape index (κ1) is 13.7. The van der Waals surface area contributed by atoms with Gasteiger partial charge < -0.3 is 5.11 Å². The van der Waals surface area contributed by atoms with E-state index in [1.807, 2.05) is 6.07 Å². The first-order valence-electron chi connectivity index (χ1n) is 6.65. The minimum Gasteiger partial charge on any atom is -0.396 e. The molecule has 0 radical (unpaired) electrons. The van der Waals surface area contributed by atoms with Gasteiger partial charge in [-0.3, -0.25) is 0 Å². The van der Waals surface area contributed by atoms with E-state index in [2.05, 4.69) is 48.9 Å². The van der Waals surface area contributed by atoms with Crippen LogP contribution in [0.25, 0.3) is 11.3 Å². The number of aromatic nitrogens is 2. The lowest BCUT2D eigenvalue weighted by Gasteiger charge is -2.11. The predicted molar refractivity (Wildman–Crippen MR) is 77.1 cm³/mol. The fourth-order valence-corrected chi connectivity index (χ4v) is 2.04. The molecule has 3 heteroatoms. The number of rotatable bonds is 4. The third-order valence-corrected chi connectivity index (χ3v) is 3.25. The second-order valence-corrected chi connectivity index (χ2v) is 5.06. The van der Waals surface area contributed by atoms with Crippen LogP contribution in [0.5, 0.6) is 0 Å². The van der Waals surface area contributed by atoms with Crippen LogP contribution in [-0.2, 0) is 6.42 Å². The first-order valence-corrected chi connectivity index (χ1v) is 6.65. The summed E-state index contributed by atoms with van der Waals surface area (Å²) in [7, 11) is 0. The minimum atomic E-state index is 0.0778. The lowest BCUT2D eigenvalue weighted by Crippen LogP contribution is -2.00. The van der Waals surface area contributed by atoms with Crippen molar-refractivity contribution in [3.8, 4) is 11.3 Å². The standard InChI is InChI=1S/C16H20N2O/c1-11(2)13-5-4-12(3)14(10-13)15-6-8-17-16(18-15)7-9-19/h4-6,8,10-11,19H,7,9H2,1-3H3. The highest BCUT2D eigenvalue weighted by atomic mass is 16.3. The number of benzene rings is 1. The Hall–Kier alpha value is -1.74. The molecule has 0 atom stereocenters. The molecular formula is C16H20N2O. The quantitative estimate of drug-likeness (QED) is 0.914. The molecule has 1 N–H and O–H groups in total. The van der Waals surface area contributed by atoms with Gasteiger partial charge in [-0.05, 0) is 36.1 Å². The van der Waals surface area contributed by atoms with Crippen LogP contribution < -0.4 is 0 Å². The van der Waals surface area contributed by atoms with E-state index >= 15 is 0 Å². The monoisotopic (exact) mass is 256 g/mol. The average molecular weight is 256 g/mol. The summed E-state index contributed by atoms with van der Waals surface area (Å²) in [4.78, 5) is 8.69. The van der Waals surface area contributed by atoms with Gasteiger partial charge in [0.25, 0.3) is 0 Å². The molecule has 0 aliphatic carbocycles. The van der Waals surface area contributed by atoms with Crippen molar-refractivity contribution >= 4 is 0 Å². The molecule has 2 rings (SSSR count). The largest absolute Gasteiger partial charge is 0.396 e. The maximum atomic E-state index is 8.97. The summed E-state index contributed by atoms with van der Waals surface area (Å²) in [5, 5.41) is 8.97. The molecule has 0 bridgehead atoms. The summed E-state index contributed by atoms with van der Waals surface area (Å²) in [5.74, 6) is 1.19. The number of hydrogen-bond acceptors (Lipinski definition) is 3. The van der Waals surface area contributed by atoms with E-state index in [1.54, 1.807) is 6.20 Å². The zero-order valence-corrected chi connectivity index (χ0v) is 11.7. The smallest absolute Gasteiger partial charge is 0.131 e. The normalized spacial score (nSPS) is 11.0. The second-order valence-electron chi connectivity index (χ2n) is 5.06. The van der Waals surface area contributed by atoms with Crippen molar-refractivity contribution in [3.63, 3.8) is 0 Å². The Morgan fingerprint density at radius 2 is 2.00 bits per heavy atom. The lowest BCUT2D eigenvalue weighted by molar-refractivity contribution is 0.296. The Kier molecular flexibility index (Phi) is 4.27. The van der Waals surface area contributed by atoms with Gasteiger partial charge in [0.05, 0.1) is 12.3 Å². The van der Waals surface area contributed by atoms with Crippen LogP contribution >= 0.6 is 0 Å². The molecule has 0 saturated carbocycles. The van der Waals surface area contributed by atoms with E-state index in [9.17, 15) is 0 Å². The molecule has 0 fully saturated rings. The lowest BCUT2D eigenvalue weighted by atomic mass is 9.96. The SMILES string of the molecule is Cc1ccc(C(C)C)cc1-c1ccnc(CCO)n1. The van der Waals surface area contributed by atoms with Crippen molar-refractivity contribution in [2.75, 3.05) is 6.61 Å². The maximum Gasteiger partial charge on any atom is 0.131 e. The van der Waals surface area contributed by atoms with Crippen LogP contribution in [0.1, 0.15) is 36.7 Å². The number of hydrogen-bond donors (Lipinski definition) is 1. The van der Waals surface area contributed by atoms with Crippen molar-refractivity contribution in [1.82, 2.24) is 9.97 Å². The Labute approximate surface area is 114 Å². The van der Waals surface area contributed by atoms with Crippen molar-refractivity contribution in [1.29, 1.82) is 0 Å². The third-order valence-electron chi connectivity index (χ3n) is 3.25. The molecule has 100 valence electrons.